The first-order valence-electron chi connectivity index (χ1n) is 10.8. The molecule has 5 nitrogen and oxygen atoms in total. The highest BCUT2D eigenvalue weighted by molar-refractivity contribution is 6.35. The number of rotatable bonds is 6. The van der Waals surface area contributed by atoms with Gasteiger partial charge in [0.05, 0.1) is 12.6 Å². The second kappa shape index (κ2) is 10.1. The zero-order valence-electron chi connectivity index (χ0n) is 17.9. The maximum Gasteiger partial charge on any atom is 0.222 e. The molecule has 0 unspecified atom stereocenters. The summed E-state index contributed by atoms with van der Waals surface area (Å²) < 4.78 is 5.20. The second-order valence-electron chi connectivity index (χ2n) is 7.96. The van der Waals surface area contributed by atoms with Crippen molar-refractivity contribution in [1.29, 1.82) is 0 Å². The number of aryl methyl sites for hydroxylation is 1. The SMILES string of the molecule is COc1ccc(CCC(=O)N2CCCN(Cc3ccc(Cl)c4cccnc34)CC2)cc1. The van der Waals surface area contributed by atoms with Crippen molar-refractivity contribution in [3.63, 3.8) is 0 Å². The summed E-state index contributed by atoms with van der Waals surface area (Å²) in [6, 6.07) is 15.9. The lowest BCUT2D eigenvalue weighted by atomic mass is 10.1. The third kappa shape index (κ3) is 5.35. The van der Waals surface area contributed by atoms with Crippen molar-refractivity contribution in [2.45, 2.75) is 25.8 Å². The van der Waals surface area contributed by atoms with Crippen LogP contribution in [0.25, 0.3) is 10.9 Å². The molecule has 0 aliphatic carbocycles. The second-order valence-corrected chi connectivity index (χ2v) is 8.37. The van der Waals surface area contributed by atoms with Gasteiger partial charge in [0.2, 0.25) is 5.91 Å². The van der Waals surface area contributed by atoms with Crippen LogP contribution < -0.4 is 4.74 Å². The van der Waals surface area contributed by atoms with Crippen molar-refractivity contribution in [2.24, 2.45) is 0 Å². The van der Waals surface area contributed by atoms with Crippen molar-refractivity contribution in [3.8, 4) is 5.75 Å². The molecule has 0 atom stereocenters. The Labute approximate surface area is 188 Å². The Morgan fingerprint density at radius 1 is 1.06 bits per heavy atom. The number of nitrogens with zero attached hydrogens (tertiary/aromatic N) is 3. The minimum Gasteiger partial charge on any atom is -0.497 e. The first-order chi connectivity index (χ1) is 15.1. The van der Waals surface area contributed by atoms with Crippen LogP contribution in [0.15, 0.2) is 54.7 Å². The van der Waals surface area contributed by atoms with Crippen molar-refractivity contribution < 1.29 is 9.53 Å². The highest BCUT2D eigenvalue weighted by Crippen LogP contribution is 2.26. The van der Waals surface area contributed by atoms with Gasteiger partial charge >= 0.3 is 0 Å². The average Bonchev–Trinajstić information content (AvgIpc) is 3.05. The van der Waals surface area contributed by atoms with Crippen molar-refractivity contribution in [1.82, 2.24) is 14.8 Å². The number of carbonyl (C=O) groups excluding carboxylic acids is 1. The highest BCUT2D eigenvalue weighted by Gasteiger charge is 2.20. The minimum atomic E-state index is 0.233. The van der Waals surface area contributed by atoms with E-state index in [0.717, 1.165) is 72.8 Å². The highest BCUT2D eigenvalue weighted by atomic mass is 35.5. The van der Waals surface area contributed by atoms with Gasteiger partial charge < -0.3 is 9.64 Å². The smallest absolute Gasteiger partial charge is 0.222 e. The van der Waals surface area contributed by atoms with E-state index in [2.05, 4.69) is 16.0 Å². The van der Waals surface area contributed by atoms with Gasteiger partial charge in [-0.25, -0.2) is 0 Å². The Hall–Kier alpha value is -2.63. The number of carbonyl (C=O) groups is 1. The van der Waals surface area contributed by atoms with E-state index in [4.69, 9.17) is 16.3 Å². The molecule has 3 aromatic rings. The molecule has 0 bridgehead atoms. The van der Waals surface area contributed by atoms with Crippen LogP contribution >= 0.6 is 11.6 Å². The van der Waals surface area contributed by atoms with Crippen LogP contribution in [0.1, 0.15) is 24.0 Å². The van der Waals surface area contributed by atoms with Crippen molar-refractivity contribution in [2.75, 3.05) is 33.3 Å². The van der Waals surface area contributed by atoms with E-state index in [1.165, 1.54) is 5.56 Å². The number of aromatic nitrogens is 1. The van der Waals surface area contributed by atoms with Gasteiger partial charge in [-0.3, -0.25) is 14.7 Å². The molecule has 0 spiro atoms. The first kappa shape index (κ1) is 21.6. The number of hydrogen-bond donors (Lipinski definition) is 0. The molecule has 6 heteroatoms. The molecule has 31 heavy (non-hydrogen) atoms. The van der Waals surface area contributed by atoms with Crippen LogP contribution in [-0.4, -0.2) is 54.0 Å². The normalized spacial score (nSPS) is 15.1. The zero-order valence-corrected chi connectivity index (χ0v) is 18.6. The number of halogens is 1. The maximum atomic E-state index is 12.8. The van der Waals surface area contributed by atoms with E-state index in [1.54, 1.807) is 7.11 Å². The molecule has 162 valence electrons. The Bertz CT molecular complexity index is 1040. The quantitative estimate of drug-likeness (QED) is 0.567. The van der Waals surface area contributed by atoms with Gasteiger partial charge in [0.25, 0.3) is 0 Å². The molecular weight excluding hydrogens is 410 g/mol. The molecule has 0 radical (unpaired) electrons. The lowest BCUT2D eigenvalue weighted by molar-refractivity contribution is -0.131. The van der Waals surface area contributed by atoms with Gasteiger partial charge in [-0.2, -0.15) is 0 Å². The average molecular weight is 438 g/mol. The molecule has 1 saturated heterocycles. The van der Waals surface area contributed by atoms with E-state index in [-0.39, 0.29) is 5.91 Å². The van der Waals surface area contributed by atoms with E-state index in [9.17, 15) is 4.79 Å². The zero-order chi connectivity index (χ0) is 21.6. The number of fused-ring (bicyclic) bond motifs is 1. The number of ether oxygens (including phenoxy) is 1. The molecule has 1 aliphatic rings. The maximum absolute atomic E-state index is 12.8. The fourth-order valence-electron chi connectivity index (χ4n) is 4.14. The molecule has 1 aliphatic heterocycles. The summed E-state index contributed by atoms with van der Waals surface area (Å²) in [6.45, 7) is 4.24. The topological polar surface area (TPSA) is 45.7 Å². The molecule has 4 rings (SSSR count). The third-order valence-corrected chi connectivity index (χ3v) is 6.25. The lowest BCUT2D eigenvalue weighted by Gasteiger charge is -2.22. The van der Waals surface area contributed by atoms with Gasteiger partial charge in [0, 0.05) is 55.8 Å². The Morgan fingerprint density at radius 3 is 2.71 bits per heavy atom. The van der Waals surface area contributed by atoms with Crippen molar-refractivity contribution >= 4 is 28.4 Å². The number of methoxy groups -OCH3 is 1. The van der Waals surface area contributed by atoms with Crippen LogP contribution in [0, 0.1) is 0 Å². The summed E-state index contributed by atoms with van der Waals surface area (Å²) in [7, 11) is 1.66. The number of hydrogen-bond acceptors (Lipinski definition) is 4. The number of pyridine rings is 1. The summed E-state index contributed by atoms with van der Waals surface area (Å²) in [4.78, 5) is 21.8. The van der Waals surface area contributed by atoms with Crippen LogP contribution in [0.4, 0.5) is 0 Å². The number of amides is 1. The summed E-state index contributed by atoms with van der Waals surface area (Å²) in [6.07, 6.45) is 4.09. The standard InChI is InChI=1S/C25H28ClN3O2/c1-31-21-9-5-19(6-10-21)7-12-24(30)29-15-3-14-28(16-17-29)18-20-8-11-23(26)22-4-2-13-27-25(20)22/h2,4-6,8-11,13H,3,7,12,14-18H2,1H3. The Morgan fingerprint density at radius 2 is 1.90 bits per heavy atom. The van der Waals surface area contributed by atoms with Gasteiger partial charge in [-0.1, -0.05) is 29.8 Å². The first-order valence-corrected chi connectivity index (χ1v) is 11.2. The van der Waals surface area contributed by atoms with Crippen LogP contribution in [-0.2, 0) is 17.8 Å². The molecule has 0 N–H and O–H groups in total. The van der Waals surface area contributed by atoms with Gasteiger partial charge in [-0.15, -0.1) is 0 Å². The van der Waals surface area contributed by atoms with Crippen LogP contribution in [0.2, 0.25) is 5.02 Å². The van der Waals surface area contributed by atoms with Gasteiger partial charge in [0.1, 0.15) is 5.75 Å². The Kier molecular flexibility index (Phi) is 7.05. The fraction of sp³-hybridized carbons (Fsp3) is 0.360. The number of benzene rings is 2. The monoisotopic (exact) mass is 437 g/mol. The third-order valence-electron chi connectivity index (χ3n) is 5.92. The van der Waals surface area contributed by atoms with E-state index < -0.39 is 0 Å². The summed E-state index contributed by atoms with van der Waals surface area (Å²) >= 11 is 6.34. The summed E-state index contributed by atoms with van der Waals surface area (Å²) in [5, 5.41) is 1.73. The predicted octanol–water partition coefficient (Wildman–Crippen LogP) is 4.56. The Balaban J connectivity index is 1.33. The molecule has 2 aromatic carbocycles. The fourth-order valence-corrected chi connectivity index (χ4v) is 4.36. The van der Waals surface area contributed by atoms with Gasteiger partial charge in [-0.05, 0) is 54.3 Å². The summed E-state index contributed by atoms with van der Waals surface area (Å²) in [5.74, 6) is 1.07. The predicted molar refractivity (Wildman–Crippen MR) is 125 cm³/mol. The molecule has 2 heterocycles. The van der Waals surface area contributed by atoms with E-state index >= 15 is 0 Å². The molecular formula is C25H28ClN3O2. The van der Waals surface area contributed by atoms with E-state index in [1.807, 2.05) is 53.6 Å². The molecule has 0 saturated carbocycles. The minimum absolute atomic E-state index is 0.233. The van der Waals surface area contributed by atoms with E-state index in [0.29, 0.717) is 6.42 Å². The largest absolute Gasteiger partial charge is 0.497 e. The summed E-state index contributed by atoms with van der Waals surface area (Å²) in [5.41, 5.74) is 3.30. The molecule has 1 fully saturated rings. The van der Waals surface area contributed by atoms with Crippen LogP contribution in [0.5, 0.6) is 5.75 Å². The lowest BCUT2D eigenvalue weighted by Crippen LogP contribution is -2.35. The van der Waals surface area contributed by atoms with Crippen LogP contribution in [0.3, 0.4) is 0 Å². The molecule has 1 amide bonds. The molecule has 1 aromatic heterocycles. The van der Waals surface area contributed by atoms with Crippen molar-refractivity contribution in [3.05, 3.63) is 70.9 Å². The van der Waals surface area contributed by atoms with Gasteiger partial charge in [0.15, 0.2) is 0 Å².